The van der Waals surface area contributed by atoms with Crippen LogP contribution in [0, 0.1) is 0 Å². The van der Waals surface area contributed by atoms with Crippen molar-refractivity contribution in [2.24, 2.45) is 5.73 Å². The fourth-order valence-electron chi connectivity index (χ4n) is 3.23. The molecule has 0 amide bonds. The Bertz CT molecular complexity index is 394. The van der Waals surface area contributed by atoms with Crippen molar-refractivity contribution in [3.63, 3.8) is 0 Å². The van der Waals surface area contributed by atoms with Crippen LogP contribution in [0.15, 0.2) is 28.7 Å². The molecule has 0 spiro atoms. The molecule has 0 saturated carbocycles. The van der Waals surface area contributed by atoms with Crippen LogP contribution >= 0.6 is 15.9 Å². The number of hydrogen-bond donors (Lipinski definition) is 1. The van der Waals surface area contributed by atoms with E-state index in [1.165, 1.54) is 44.2 Å². The second-order valence-electron chi connectivity index (χ2n) is 5.46. The van der Waals surface area contributed by atoms with Crippen molar-refractivity contribution < 1.29 is 0 Å². The Morgan fingerprint density at radius 3 is 2.89 bits per heavy atom. The van der Waals surface area contributed by atoms with Gasteiger partial charge in [-0.2, -0.15) is 0 Å². The summed E-state index contributed by atoms with van der Waals surface area (Å²) in [4.78, 5) is 2.65. The molecule has 0 radical (unpaired) electrons. The van der Waals surface area contributed by atoms with Crippen LogP contribution in [0.3, 0.4) is 0 Å². The number of hydrogen-bond acceptors (Lipinski definition) is 2. The first kappa shape index (κ1) is 15.0. The highest BCUT2D eigenvalue weighted by molar-refractivity contribution is 9.10. The molecule has 2 atom stereocenters. The molecule has 1 saturated heterocycles. The molecular formula is C16H25BrN2. The van der Waals surface area contributed by atoms with E-state index < -0.39 is 0 Å². The van der Waals surface area contributed by atoms with Crippen LogP contribution in [0.4, 0.5) is 0 Å². The van der Waals surface area contributed by atoms with E-state index in [9.17, 15) is 0 Å². The predicted octanol–water partition coefficient (Wildman–Crippen LogP) is 4.10. The average Bonchev–Trinajstić information content (AvgIpc) is 2.65. The van der Waals surface area contributed by atoms with Crippen molar-refractivity contribution in [2.75, 3.05) is 13.1 Å². The quantitative estimate of drug-likeness (QED) is 0.903. The zero-order valence-corrected chi connectivity index (χ0v) is 13.4. The summed E-state index contributed by atoms with van der Waals surface area (Å²) in [6.45, 7) is 4.19. The zero-order chi connectivity index (χ0) is 13.7. The molecule has 0 aromatic heterocycles. The molecular weight excluding hydrogens is 300 g/mol. The number of nitrogens with two attached hydrogens (primary N) is 1. The molecule has 1 fully saturated rings. The molecule has 2 rings (SSSR count). The van der Waals surface area contributed by atoms with Crippen molar-refractivity contribution in [3.8, 4) is 0 Å². The van der Waals surface area contributed by atoms with Crippen molar-refractivity contribution in [1.82, 2.24) is 4.90 Å². The number of nitrogens with zero attached hydrogens (tertiary/aromatic N) is 1. The number of rotatable bonds is 4. The highest BCUT2D eigenvalue weighted by atomic mass is 79.9. The second-order valence-corrected chi connectivity index (χ2v) is 6.37. The van der Waals surface area contributed by atoms with Gasteiger partial charge < -0.3 is 5.73 Å². The van der Waals surface area contributed by atoms with E-state index in [0.29, 0.717) is 18.6 Å². The van der Waals surface area contributed by atoms with E-state index >= 15 is 0 Å². The van der Waals surface area contributed by atoms with Gasteiger partial charge >= 0.3 is 0 Å². The van der Waals surface area contributed by atoms with Gasteiger partial charge in [-0.1, -0.05) is 47.8 Å². The summed E-state index contributed by atoms with van der Waals surface area (Å²) in [5, 5.41) is 0. The predicted molar refractivity (Wildman–Crippen MR) is 85.2 cm³/mol. The van der Waals surface area contributed by atoms with E-state index in [4.69, 9.17) is 5.73 Å². The lowest BCUT2D eigenvalue weighted by Gasteiger charge is -2.36. The maximum Gasteiger partial charge on any atom is 0.0473 e. The second kappa shape index (κ2) is 7.41. The Hall–Kier alpha value is -0.380. The number of likely N-dealkylation sites (tertiary alicyclic amines) is 1. The standard InChI is InChI=1S/C16H25BrN2/c1-2-15-9-4-3-5-10-19(15)16(12-18)13-7-6-8-14(17)11-13/h6-8,11,15-16H,2-5,9-10,12,18H2,1H3. The zero-order valence-electron chi connectivity index (χ0n) is 11.8. The lowest BCUT2D eigenvalue weighted by molar-refractivity contribution is 0.136. The molecule has 0 aliphatic carbocycles. The van der Waals surface area contributed by atoms with Crippen LogP contribution in [0.5, 0.6) is 0 Å². The van der Waals surface area contributed by atoms with Gasteiger partial charge in [-0.25, -0.2) is 0 Å². The Morgan fingerprint density at radius 2 is 2.21 bits per heavy atom. The lowest BCUT2D eigenvalue weighted by Crippen LogP contribution is -2.41. The molecule has 19 heavy (non-hydrogen) atoms. The van der Waals surface area contributed by atoms with E-state index in [-0.39, 0.29) is 0 Å². The first-order valence-corrected chi connectivity index (χ1v) is 8.26. The van der Waals surface area contributed by atoms with Crippen LogP contribution in [-0.4, -0.2) is 24.0 Å². The highest BCUT2D eigenvalue weighted by Crippen LogP contribution is 2.29. The summed E-state index contributed by atoms with van der Waals surface area (Å²) in [6, 6.07) is 9.67. The SMILES string of the molecule is CCC1CCCCCN1C(CN)c1cccc(Br)c1. The maximum absolute atomic E-state index is 6.10. The van der Waals surface area contributed by atoms with Crippen LogP contribution in [0.25, 0.3) is 0 Å². The van der Waals surface area contributed by atoms with Gasteiger partial charge in [0.15, 0.2) is 0 Å². The Labute approximate surface area is 125 Å². The summed E-state index contributed by atoms with van der Waals surface area (Å²) >= 11 is 3.57. The highest BCUT2D eigenvalue weighted by Gasteiger charge is 2.26. The third-order valence-electron chi connectivity index (χ3n) is 4.25. The number of benzene rings is 1. The van der Waals surface area contributed by atoms with Crippen LogP contribution in [0.1, 0.15) is 50.6 Å². The molecule has 3 heteroatoms. The summed E-state index contributed by atoms with van der Waals surface area (Å²) in [7, 11) is 0. The van der Waals surface area contributed by atoms with Crippen molar-refractivity contribution in [2.45, 2.75) is 51.1 Å². The Balaban J connectivity index is 2.23. The molecule has 0 bridgehead atoms. The first-order valence-electron chi connectivity index (χ1n) is 7.47. The molecule has 1 aliphatic heterocycles. The molecule has 1 aliphatic rings. The fourth-order valence-corrected chi connectivity index (χ4v) is 3.64. The summed E-state index contributed by atoms with van der Waals surface area (Å²) in [6.07, 6.45) is 6.58. The lowest BCUT2D eigenvalue weighted by atomic mass is 10.0. The summed E-state index contributed by atoms with van der Waals surface area (Å²) in [5.41, 5.74) is 7.44. The third kappa shape index (κ3) is 3.80. The van der Waals surface area contributed by atoms with E-state index in [1.807, 2.05) is 0 Å². The summed E-state index contributed by atoms with van der Waals surface area (Å²) in [5.74, 6) is 0. The summed E-state index contributed by atoms with van der Waals surface area (Å²) < 4.78 is 1.14. The van der Waals surface area contributed by atoms with Crippen molar-refractivity contribution >= 4 is 15.9 Å². The fraction of sp³-hybridized carbons (Fsp3) is 0.625. The molecule has 2 nitrogen and oxygen atoms in total. The van der Waals surface area contributed by atoms with Gasteiger partial charge in [0.1, 0.15) is 0 Å². The monoisotopic (exact) mass is 324 g/mol. The van der Waals surface area contributed by atoms with Crippen LogP contribution in [-0.2, 0) is 0 Å². The largest absolute Gasteiger partial charge is 0.329 e. The van der Waals surface area contributed by atoms with Crippen molar-refractivity contribution in [1.29, 1.82) is 0 Å². The Morgan fingerprint density at radius 1 is 1.37 bits per heavy atom. The molecule has 106 valence electrons. The van der Waals surface area contributed by atoms with Gasteiger partial charge in [0.25, 0.3) is 0 Å². The average molecular weight is 325 g/mol. The van der Waals surface area contributed by atoms with Crippen molar-refractivity contribution in [3.05, 3.63) is 34.3 Å². The minimum atomic E-state index is 0.362. The van der Waals surface area contributed by atoms with Gasteiger partial charge in [-0.05, 0) is 43.5 Å². The smallest absolute Gasteiger partial charge is 0.0473 e. The normalized spacial score (nSPS) is 23.0. The topological polar surface area (TPSA) is 29.3 Å². The maximum atomic E-state index is 6.10. The van der Waals surface area contributed by atoms with E-state index in [1.54, 1.807) is 0 Å². The minimum absolute atomic E-state index is 0.362. The minimum Gasteiger partial charge on any atom is -0.329 e. The molecule has 2 N–H and O–H groups in total. The third-order valence-corrected chi connectivity index (χ3v) is 4.74. The first-order chi connectivity index (χ1) is 9.26. The van der Waals surface area contributed by atoms with Gasteiger partial charge in [-0.15, -0.1) is 0 Å². The van der Waals surface area contributed by atoms with Crippen LogP contribution in [0.2, 0.25) is 0 Å². The van der Waals surface area contributed by atoms with Gasteiger partial charge in [-0.3, -0.25) is 4.90 Å². The molecule has 1 aromatic carbocycles. The van der Waals surface area contributed by atoms with E-state index in [0.717, 1.165) is 4.47 Å². The molecule has 1 heterocycles. The van der Waals surface area contributed by atoms with Gasteiger partial charge in [0.05, 0.1) is 0 Å². The van der Waals surface area contributed by atoms with E-state index in [2.05, 4.69) is 52.0 Å². The van der Waals surface area contributed by atoms with Gasteiger partial charge in [0, 0.05) is 23.1 Å². The molecule has 2 unspecified atom stereocenters. The number of halogens is 1. The molecule has 1 aromatic rings. The van der Waals surface area contributed by atoms with Gasteiger partial charge in [0.2, 0.25) is 0 Å². The Kier molecular flexibility index (Phi) is 5.86. The van der Waals surface area contributed by atoms with Crippen LogP contribution < -0.4 is 5.73 Å².